The van der Waals surface area contributed by atoms with Crippen LogP contribution in [0.1, 0.15) is 68.8 Å². The van der Waals surface area contributed by atoms with Crippen LogP contribution in [0, 0.1) is 6.92 Å². The van der Waals surface area contributed by atoms with Crippen LogP contribution in [-0.4, -0.2) is 9.97 Å². The second kappa shape index (κ2) is 9.00. The van der Waals surface area contributed by atoms with E-state index in [1.807, 2.05) is 6.07 Å². The summed E-state index contributed by atoms with van der Waals surface area (Å²) in [5.74, 6) is 0.798. The number of halogens is 1. The molecule has 1 aromatic carbocycles. The fourth-order valence-corrected chi connectivity index (χ4v) is 2.85. The van der Waals surface area contributed by atoms with Crippen molar-refractivity contribution < 1.29 is 4.74 Å². The summed E-state index contributed by atoms with van der Waals surface area (Å²) in [5.41, 5.74) is 5.89. The van der Waals surface area contributed by atoms with Crippen molar-refractivity contribution in [2.24, 2.45) is 0 Å². The van der Waals surface area contributed by atoms with Crippen LogP contribution in [0.4, 0.5) is 0 Å². The van der Waals surface area contributed by atoms with Crippen molar-refractivity contribution in [1.82, 2.24) is 9.97 Å². The zero-order valence-electron chi connectivity index (χ0n) is 15.8. The van der Waals surface area contributed by atoms with Gasteiger partial charge in [0.15, 0.2) is 0 Å². The average Bonchev–Trinajstić information content (AvgIpc) is 2.57. The average molecular weight is 359 g/mol. The van der Waals surface area contributed by atoms with Crippen molar-refractivity contribution in [3.63, 3.8) is 0 Å². The Balaban J connectivity index is 2.10. The number of unbranched alkanes of at least 4 members (excludes halogenated alkanes) is 1. The third-order valence-electron chi connectivity index (χ3n) is 4.13. The molecule has 0 radical (unpaired) electrons. The number of hydrogen-bond acceptors (Lipinski definition) is 3. The van der Waals surface area contributed by atoms with Crippen LogP contribution in [0.3, 0.4) is 0 Å². The third-order valence-corrected chi connectivity index (χ3v) is 4.30. The molecule has 134 valence electrons. The van der Waals surface area contributed by atoms with Gasteiger partial charge in [0.25, 0.3) is 0 Å². The summed E-state index contributed by atoms with van der Waals surface area (Å²) < 4.78 is 5.83. The molecule has 2 aromatic rings. The molecule has 2 rings (SSSR count). The van der Waals surface area contributed by atoms with Crippen LogP contribution in [0.15, 0.2) is 30.3 Å². The summed E-state index contributed by atoms with van der Waals surface area (Å²) in [4.78, 5) is 8.38. The Bertz CT molecular complexity index is 754. The summed E-state index contributed by atoms with van der Waals surface area (Å²) in [7, 11) is 0. The fourth-order valence-electron chi connectivity index (χ4n) is 2.67. The van der Waals surface area contributed by atoms with Gasteiger partial charge in [-0.3, -0.25) is 0 Å². The summed E-state index contributed by atoms with van der Waals surface area (Å²) in [6.07, 6.45) is 4.58. The van der Waals surface area contributed by atoms with Crippen LogP contribution in [-0.2, 0) is 6.61 Å². The third kappa shape index (κ3) is 5.57. The van der Waals surface area contributed by atoms with Crippen molar-refractivity contribution >= 4 is 17.2 Å². The summed E-state index contributed by atoms with van der Waals surface area (Å²) >= 11 is 5.99. The highest BCUT2D eigenvalue weighted by molar-refractivity contribution is 6.28. The quantitative estimate of drug-likeness (QED) is 0.541. The van der Waals surface area contributed by atoms with Gasteiger partial charge in [-0.2, -0.15) is 4.98 Å². The van der Waals surface area contributed by atoms with Gasteiger partial charge in [0, 0.05) is 6.07 Å². The van der Waals surface area contributed by atoms with E-state index in [1.165, 1.54) is 23.1 Å². The number of hydrogen-bond donors (Lipinski definition) is 0. The predicted octanol–water partition coefficient (Wildman–Crippen LogP) is 6.34. The molecule has 0 N–H and O–H groups in total. The van der Waals surface area contributed by atoms with Gasteiger partial charge in [-0.1, -0.05) is 51.5 Å². The van der Waals surface area contributed by atoms with Gasteiger partial charge >= 0.3 is 0 Å². The summed E-state index contributed by atoms with van der Waals surface area (Å²) in [6.45, 7) is 11.1. The molecular weight excluding hydrogens is 332 g/mol. The molecule has 0 bridgehead atoms. The minimum absolute atomic E-state index is 0.226. The van der Waals surface area contributed by atoms with E-state index in [0.717, 1.165) is 17.7 Å². The van der Waals surface area contributed by atoms with Gasteiger partial charge < -0.3 is 4.74 Å². The van der Waals surface area contributed by atoms with Crippen molar-refractivity contribution in [2.45, 2.75) is 60.0 Å². The molecule has 1 aromatic heterocycles. The van der Waals surface area contributed by atoms with Gasteiger partial charge in [-0.25, -0.2) is 4.98 Å². The molecule has 0 amide bonds. The Hall–Kier alpha value is -1.87. The zero-order chi connectivity index (χ0) is 18.4. The molecule has 0 aliphatic rings. The standard InChI is InChI=1S/C21H27ClN2O/c1-6-7-8-15(4)18-10-9-17(11-16(18)5)13-25-20-12-19(14(2)3)23-21(22)24-20/h8-12,14H,6-7,13H2,1-5H3. The molecule has 0 fully saturated rings. The monoisotopic (exact) mass is 358 g/mol. The van der Waals surface area contributed by atoms with Crippen molar-refractivity contribution in [3.8, 4) is 5.88 Å². The lowest BCUT2D eigenvalue weighted by Gasteiger charge is -2.11. The maximum absolute atomic E-state index is 5.99. The van der Waals surface area contributed by atoms with E-state index in [9.17, 15) is 0 Å². The van der Waals surface area contributed by atoms with Gasteiger partial charge in [0.05, 0.1) is 5.69 Å². The SMILES string of the molecule is CCCC=C(C)c1ccc(COc2cc(C(C)C)nc(Cl)n2)cc1C. The molecule has 0 saturated carbocycles. The number of aromatic nitrogens is 2. The minimum Gasteiger partial charge on any atom is -0.473 e. The minimum atomic E-state index is 0.226. The normalized spacial score (nSPS) is 11.9. The van der Waals surface area contributed by atoms with Crippen LogP contribution in [0.2, 0.25) is 5.28 Å². The Kier molecular flexibility index (Phi) is 7.01. The van der Waals surface area contributed by atoms with Crippen LogP contribution >= 0.6 is 11.6 Å². The van der Waals surface area contributed by atoms with Crippen LogP contribution in [0.25, 0.3) is 5.57 Å². The Morgan fingerprint density at radius 1 is 1.24 bits per heavy atom. The number of allylic oxidation sites excluding steroid dienone is 2. The van der Waals surface area contributed by atoms with E-state index in [0.29, 0.717) is 12.5 Å². The number of aryl methyl sites for hydroxylation is 1. The molecule has 0 saturated heterocycles. The first-order valence-corrected chi connectivity index (χ1v) is 9.22. The Labute approximate surface area is 156 Å². The summed E-state index contributed by atoms with van der Waals surface area (Å²) in [5, 5.41) is 0.226. The second-order valence-corrected chi connectivity index (χ2v) is 7.01. The number of benzene rings is 1. The van der Waals surface area contributed by atoms with E-state index in [4.69, 9.17) is 16.3 Å². The van der Waals surface area contributed by atoms with E-state index in [-0.39, 0.29) is 11.2 Å². The molecule has 0 aliphatic heterocycles. The maximum Gasteiger partial charge on any atom is 0.225 e. The van der Waals surface area contributed by atoms with E-state index in [2.05, 4.69) is 68.9 Å². The van der Waals surface area contributed by atoms with Crippen LogP contribution in [0.5, 0.6) is 5.88 Å². The van der Waals surface area contributed by atoms with Crippen molar-refractivity contribution in [3.05, 3.63) is 58.0 Å². The van der Waals surface area contributed by atoms with Gasteiger partial charge in [-0.05, 0) is 60.1 Å². The smallest absolute Gasteiger partial charge is 0.225 e. The largest absolute Gasteiger partial charge is 0.473 e. The van der Waals surface area contributed by atoms with Gasteiger partial charge in [-0.15, -0.1) is 0 Å². The molecule has 4 heteroatoms. The molecule has 0 spiro atoms. The maximum atomic E-state index is 5.99. The topological polar surface area (TPSA) is 35.0 Å². The Morgan fingerprint density at radius 2 is 2.00 bits per heavy atom. The number of nitrogens with zero attached hydrogens (tertiary/aromatic N) is 2. The summed E-state index contributed by atoms with van der Waals surface area (Å²) in [6, 6.07) is 8.31. The zero-order valence-corrected chi connectivity index (χ0v) is 16.5. The van der Waals surface area contributed by atoms with Crippen molar-refractivity contribution in [1.29, 1.82) is 0 Å². The highest BCUT2D eigenvalue weighted by Crippen LogP contribution is 2.23. The Morgan fingerprint density at radius 3 is 2.64 bits per heavy atom. The predicted molar refractivity (Wildman–Crippen MR) is 105 cm³/mol. The highest BCUT2D eigenvalue weighted by Gasteiger charge is 2.08. The molecular formula is C21H27ClN2O. The fraction of sp³-hybridized carbons (Fsp3) is 0.429. The lowest BCUT2D eigenvalue weighted by atomic mass is 9.98. The van der Waals surface area contributed by atoms with E-state index in [1.54, 1.807) is 0 Å². The van der Waals surface area contributed by atoms with Crippen molar-refractivity contribution in [2.75, 3.05) is 0 Å². The second-order valence-electron chi connectivity index (χ2n) is 6.67. The molecule has 1 heterocycles. The molecule has 25 heavy (non-hydrogen) atoms. The first kappa shape index (κ1) is 19.5. The first-order chi connectivity index (χ1) is 11.9. The molecule has 0 unspecified atom stereocenters. The van der Waals surface area contributed by atoms with E-state index < -0.39 is 0 Å². The first-order valence-electron chi connectivity index (χ1n) is 8.84. The van der Waals surface area contributed by atoms with Gasteiger partial charge in [0.2, 0.25) is 11.2 Å². The molecule has 0 atom stereocenters. The van der Waals surface area contributed by atoms with E-state index >= 15 is 0 Å². The number of rotatable bonds is 7. The molecule has 0 aliphatic carbocycles. The highest BCUT2D eigenvalue weighted by atomic mass is 35.5. The lowest BCUT2D eigenvalue weighted by Crippen LogP contribution is -2.02. The van der Waals surface area contributed by atoms with Gasteiger partial charge in [0.1, 0.15) is 6.61 Å². The van der Waals surface area contributed by atoms with Crippen LogP contribution < -0.4 is 4.74 Å². The number of ether oxygens (including phenoxy) is 1. The lowest BCUT2D eigenvalue weighted by molar-refractivity contribution is 0.292. The molecule has 3 nitrogen and oxygen atoms in total.